The molecule has 1 N–H and O–H groups in total. The Bertz CT molecular complexity index is 715. The molecule has 1 atom stereocenters. The highest BCUT2D eigenvalue weighted by molar-refractivity contribution is 8.00. The molecule has 0 bridgehead atoms. The van der Waals surface area contributed by atoms with Gasteiger partial charge < -0.3 is 10.2 Å². The molecule has 134 valence electrons. The number of hydrogen-bond acceptors (Lipinski definition) is 6. The van der Waals surface area contributed by atoms with Crippen molar-refractivity contribution in [3.8, 4) is 10.6 Å². The lowest BCUT2D eigenvalue weighted by molar-refractivity contribution is -0.131. The summed E-state index contributed by atoms with van der Waals surface area (Å²) in [6.07, 6.45) is 3.35. The SMILES string of the molecule is C[C@H]1CCCCN1C(=O)CSCC(=O)Nc1nc(-c2cccs2)cs1. The van der Waals surface area contributed by atoms with Gasteiger partial charge >= 0.3 is 0 Å². The smallest absolute Gasteiger partial charge is 0.236 e. The fraction of sp³-hybridized carbons (Fsp3) is 0.471. The third kappa shape index (κ3) is 5.05. The number of carbonyl (C=O) groups is 2. The largest absolute Gasteiger partial charge is 0.339 e. The van der Waals surface area contributed by atoms with Crippen LogP contribution < -0.4 is 5.32 Å². The lowest BCUT2D eigenvalue weighted by Gasteiger charge is -2.33. The van der Waals surface area contributed by atoms with Crippen molar-refractivity contribution < 1.29 is 9.59 Å². The van der Waals surface area contributed by atoms with E-state index in [9.17, 15) is 9.59 Å². The highest BCUT2D eigenvalue weighted by atomic mass is 32.2. The van der Waals surface area contributed by atoms with Crippen LogP contribution >= 0.6 is 34.4 Å². The number of thiazole rings is 1. The van der Waals surface area contributed by atoms with Gasteiger partial charge in [-0.25, -0.2) is 4.98 Å². The third-order valence-corrected chi connectivity index (χ3v) is 6.67. The summed E-state index contributed by atoms with van der Waals surface area (Å²) in [4.78, 5) is 31.8. The second kappa shape index (κ2) is 8.82. The second-order valence-corrected chi connectivity index (χ2v) is 8.78. The number of rotatable bonds is 6. The van der Waals surface area contributed by atoms with E-state index >= 15 is 0 Å². The van der Waals surface area contributed by atoms with Crippen LogP contribution in [0.15, 0.2) is 22.9 Å². The molecule has 2 amide bonds. The average molecular weight is 396 g/mol. The maximum Gasteiger partial charge on any atom is 0.236 e. The van der Waals surface area contributed by atoms with Gasteiger partial charge in [-0.15, -0.1) is 34.4 Å². The third-order valence-electron chi connectivity index (χ3n) is 4.11. The highest BCUT2D eigenvalue weighted by Gasteiger charge is 2.23. The molecule has 0 spiro atoms. The van der Waals surface area contributed by atoms with Crippen molar-refractivity contribution in [2.75, 3.05) is 23.4 Å². The number of nitrogens with one attached hydrogen (secondary N) is 1. The Hall–Kier alpha value is -1.38. The van der Waals surface area contributed by atoms with E-state index in [1.807, 2.05) is 27.8 Å². The summed E-state index contributed by atoms with van der Waals surface area (Å²) in [6, 6.07) is 4.31. The predicted molar refractivity (Wildman–Crippen MR) is 106 cm³/mol. The Morgan fingerprint density at radius 3 is 3.00 bits per heavy atom. The number of carbonyl (C=O) groups excluding carboxylic acids is 2. The molecule has 0 unspecified atom stereocenters. The second-order valence-electron chi connectivity index (χ2n) is 5.99. The standard InChI is InChI=1S/C17H21N3O2S3/c1-12-5-2-3-7-20(12)16(22)11-23-10-15(21)19-17-18-13(9-25-17)14-6-4-8-24-14/h4,6,8-9,12H,2-3,5,7,10-11H2,1H3,(H,18,19,21)/t12-/m0/s1. The minimum Gasteiger partial charge on any atom is -0.339 e. The molecule has 1 fully saturated rings. The number of anilines is 1. The van der Waals surface area contributed by atoms with Crippen LogP contribution in [0.25, 0.3) is 10.6 Å². The molecule has 3 rings (SSSR count). The molecule has 5 nitrogen and oxygen atoms in total. The lowest BCUT2D eigenvalue weighted by Crippen LogP contribution is -2.43. The van der Waals surface area contributed by atoms with Crippen molar-refractivity contribution in [2.24, 2.45) is 0 Å². The van der Waals surface area contributed by atoms with Crippen molar-refractivity contribution in [2.45, 2.75) is 32.2 Å². The van der Waals surface area contributed by atoms with E-state index in [0.717, 1.165) is 30.0 Å². The minimum atomic E-state index is -0.114. The molecular weight excluding hydrogens is 374 g/mol. The number of aromatic nitrogens is 1. The molecule has 2 aromatic heterocycles. The van der Waals surface area contributed by atoms with Crippen LogP contribution in [-0.4, -0.2) is 45.8 Å². The van der Waals surface area contributed by atoms with Gasteiger partial charge in [0.05, 0.1) is 22.1 Å². The number of thioether (sulfide) groups is 1. The van der Waals surface area contributed by atoms with Gasteiger partial charge in [0.15, 0.2) is 5.13 Å². The van der Waals surface area contributed by atoms with Crippen LogP contribution in [0.2, 0.25) is 0 Å². The summed E-state index contributed by atoms with van der Waals surface area (Å²) in [6.45, 7) is 2.94. The normalized spacial score (nSPS) is 17.5. The average Bonchev–Trinajstić information content (AvgIpc) is 3.26. The summed E-state index contributed by atoms with van der Waals surface area (Å²) in [7, 11) is 0. The zero-order valence-electron chi connectivity index (χ0n) is 14.1. The van der Waals surface area contributed by atoms with Crippen LogP contribution in [0, 0.1) is 0 Å². The Kier molecular flexibility index (Phi) is 6.50. The van der Waals surface area contributed by atoms with Crippen molar-refractivity contribution in [3.05, 3.63) is 22.9 Å². The lowest BCUT2D eigenvalue weighted by atomic mass is 10.0. The summed E-state index contributed by atoms with van der Waals surface area (Å²) in [5.41, 5.74) is 0.886. The Morgan fingerprint density at radius 1 is 1.36 bits per heavy atom. The van der Waals surface area contributed by atoms with E-state index < -0.39 is 0 Å². The van der Waals surface area contributed by atoms with E-state index in [2.05, 4.69) is 17.2 Å². The fourth-order valence-corrected chi connectivity index (χ4v) is 4.99. The Labute approximate surface area is 159 Å². The topological polar surface area (TPSA) is 62.3 Å². The number of hydrogen-bond donors (Lipinski definition) is 1. The monoisotopic (exact) mass is 395 g/mol. The van der Waals surface area contributed by atoms with E-state index in [0.29, 0.717) is 16.9 Å². The molecule has 2 aromatic rings. The van der Waals surface area contributed by atoms with E-state index in [-0.39, 0.29) is 17.6 Å². The molecule has 25 heavy (non-hydrogen) atoms. The maximum atomic E-state index is 12.2. The summed E-state index contributed by atoms with van der Waals surface area (Å²) in [5, 5.41) is 7.36. The van der Waals surface area contributed by atoms with Crippen LogP contribution in [-0.2, 0) is 9.59 Å². The van der Waals surface area contributed by atoms with Gasteiger partial charge in [-0.1, -0.05) is 6.07 Å². The first-order valence-electron chi connectivity index (χ1n) is 8.30. The molecule has 1 saturated heterocycles. The molecule has 8 heteroatoms. The van der Waals surface area contributed by atoms with E-state index in [1.165, 1.54) is 29.5 Å². The highest BCUT2D eigenvalue weighted by Crippen LogP contribution is 2.28. The molecule has 0 aliphatic carbocycles. The van der Waals surface area contributed by atoms with Crippen LogP contribution in [0.4, 0.5) is 5.13 Å². The van der Waals surface area contributed by atoms with Gasteiger partial charge in [-0.05, 0) is 37.6 Å². The van der Waals surface area contributed by atoms with E-state index in [1.54, 1.807) is 11.3 Å². The zero-order chi connectivity index (χ0) is 17.6. The van der Waals surface area contributed by atoms with Crippen LogP contribution in [0.5, 0.6) is 0 Å². The van der Waals surface area contributed by atoms with Crippen LogP contribution in [0.3, 0.4) is 0 Å². The quantitative estimate of drug-likeness (QED) is 0.805. The van der Waals surface area contributed by atoms with Crippen molar-refractivity contribution >= 4 is 51.4 Å². The Morgan fingerprint density at radius 2 is 2.24 bits per heavy atom. The van der Waals surface area contributed by atoms with Crippen molar-refractivity contribution in [1.82, 2.24) is 9.88 Å². The van der Waals surface area contributed by atoms with Gasteiger partial charge in [0.2, 0.25) is 11.8 Å². The molecule has 0 saturated carbocycles. The molecule has 1 aliphatic rings. The zero-order valence-corrected chi connectivity index (χ0v) is 16.5. The van der Waals surface area contributed by atoms with Crippen molar-refractivity contribution in [1.29, 1.82) is 0 Å². The number of nitrogens with zero attached hydrogens (tertiary/aromatic N) is 2. The Balaban J connectivity index is 1.41. The summed E-state index contributed by atoms with van der Waals surface area (Å²) >= 11 is 4.41. The molecule has 0 radical (unpaired) electrons. The number of thiophene rings is 1. The first-order valence-corrected chi connectivity index (χ1v) is 11.2. The van der Waals surface area contributed by atoms with Gasteiger partial charge in [-0.3, -0.25) is 9.59 Å². The number of amides is 2. The molecule has 0 aromatic carbocycles. The van der Waals surface area contributed by atoms with Gasteiger partial charge in [0.25, 0.3) is 0 Å². The minimum absolute atomic E-state index is 0.114. The van der Waals surface area contributed by atoms with Crippen LogP contribution in [0.1, 0.15) is 26.2 Å². The maximum absolute atomic E-state index is 12.2. The van der Waals surface area contributed by atoms with Gasteiger partial charge in [0, 0.05) is 18.0 Å². The molecule has 1 aliphatic heterocycles. The summed E-state index contributed by atoms with van der Waals surface area (Å²) < 4.78 is 0. The van der Waals surface area contributed by atoms with Gasteiger partial charge in [0.1, 0.15) is 0 Å². The van der Waals surface area contributed by atoms with E-state index in [4.69, 9.17) is 0 Å². The van der Waals surface area contributed by atoms with Crippen molar-refractivity contribution in [3.63, 3.8) is 0 Å². The number of likely N-dealkylation sites (tertiary alicyclic amines) is 1. The van der Waals surface area contributed by atoms with Gasteiger partial charge in [-0.2, -0.15) is 0 Å². The summed E-state index contributed by atoms with van der Waals surface area (Å²) in [5.74, 6) is 0.647. The first kappa shape index (κ1) is 18.4. The predicted octanol–water partition coefficient (Wildman–Crippen LogP) is 3.94. The fourth-order valence-electron chi connectivity index (χ4n) is 2.81. The first-order chi connectivity index (χ1) is 12.1. The number of piperidine rings is 1. The molecular formula is C17H21N3O2S3. The molecule has 3 heterocycles.